The lowest BCUT2D eigenvalue weighted by molar-refractivity contribution is 0.415. The highest BCUT2D eigenvalue weighted by Gasteiger charge is 2.53. The lowest BCUT2D eigenvalue weighted by atomic mass is 9.70. The number of aromatic hydroxyl groups is 1. The van der Waals surface area contributed by atoms with Crippen molar-refractivity contribution in [2.24, 2.45) is 0 Å². The van der Waals surface area contributed by atoms with Crippen molar-refractivity contribution in [3.63, 3.8) is 0 Å². The Morgan fingerprint density at radius 3 is 0.872 bits per heavy atom. The molecule has 0 radical (unpaired) electrons. The van der Waals surface area contributed by atoms with E-state index >= 15 is 0 Å². The molecule has 4 aliphatic carbocycles. The van der Waals surface area contributed by atoms with Gasteiger partial charge in [0, 0.05) is 0 Å². The van der Waals surface area contributed by atoms with Crippen LogP contribution in [0.4, 0.5) is 0 Å². The minimum atomic E-state index is -0.359. The smallest absolute Gasteiger partial charge is 0.119 e. The van der Waals surface area contributed by atoms with Gasteiger partial charge < -0.3 is 9.84 Å². The van der Waals surface area contributed by atoms with Gasteiger partial charge in [0.25, 0.3) is 0 Å². The number of ether oxygens (including phenoxy) is 1. The first-order chi connectivity index (χ1) is 38.1. The van der Waals surface area contributed by atoms with Crippen LogP contribution < -0.4 is 4.74 Å². The summed E-state index contributed by atoms with van der Waals surface area (Å²) in [6, 6.07) is 93.4. The number of phenols is 1. The van der Waals surface area contributed by atoms with Gasteiger partial charge in [0.05, 0.1) is 17.9 Å². The second-order valence-electron chi connectivity index (χ2n) is 21.4. The summed E-state index contributed by atoms with van der Waals surface area (Å²) < 4.78 is 5.65. The Kier molecular flexibility index (Phi) is 9.21. The fourth-order valence-corrected chi connectivity index (χ4v) is 15.2. The summed E-state index contributed by atoms with van der Waals surface area (Å²) in [6.07, 6.45) is 0. The van der Waals surface area contributed by atoms with Gasteiger partial charge in [0.15, 0.2) is 0 Å². The monoisotopic (exact) mass is 994 g/mol. The van der Waals surface area contributed by atoms with Crippen LogP contribution in [-0.2, 0) is 10.8 Å². The minimum absolute atomic E-state index is 0. The summed E-state index contributed by atoms with van der Waals surface area (Å²) >= 11 is 0. The quantitative estimate of drug-likeness (QED) is 0.166. The molecular weight excluding hydrogens is 945 g/mol. The number of rotatable bonds is 1. The molecule has 18 rings (SSSR count). The maximum absolute atomic E-state index is 10.4. The second-order valence-corrected chi connectivity index (χ2v) is 21.4. The number of methoxy groups -OCH3 is 1. The third-order valence-corrected chi connectivity index (χ3v) is 18.1. The van der Waals surface area contributed by atoms with Gasteiger partial charge in [-0.2, -0.15) is 0 Å². The van der Waals surface area contributed by atoms with Crippen molar-refractivity contribution >= 4 is 64.6 Å². The molecule has 14 aromatic carbocycles. The van der Waals surface area contributed by atoms with Gasteiger partial charge in [0.2, 0.25) is 0 Å². The topological polar surface area (TPSA) is 29.5 Å². The van der Waals surface area contributed by atoms with E-state index < -0.39 is 0 Å². The van der Waals surface area contributed by atoms with Crippen molar-refractivity contribution < 1.29 is 9.84 Å². The molecule has 0 heterocycles. The minimum Gasteiger partial charge on any atom is -0.508 e. The molecular formula is C76H50O2. The summed E-state index contributed by atoms with van der Waals surface area (Å²) in [5.41, 5.74) is 20.8. The molecule has 0 bridgehead atoms. The maximum Gasteiger partial charge on any atom is 0.119 e. The van der Waals surface area contributed by atoms with E-state index in [0.717, 1.165) is 11.1 Å². The molecule has 2 spiro atoms. The molecule has 0 aliphatic heterocycles. The van der Waals surface area contributed by atoms with Crippen LogP contribution in [0.2, 0.25) is 0 Å². The third-order valence-electron chi connectivity index (χ3n) is 18.1. The Labute approximate surface area is 452 Å². The molecule has 0 unspecified atom stereocenters. The van der Waals surface area contributed by atoms with Crippen molar-refractivity contribution in [2.75, 3.05) is 7.11 Å². The lowest BCUT2D eigenvalue weighted by Gasteiger charge is -2.30. The van der Waals surface area contributed by atoms with Crippen molar-refractivity contribution in [2.45, 2.75) is 18.3 Å². The van der Waals surface area contributed by atoms with E-state index in [1.54, 1.807) is 7.11 Å². The van der Waals surface area contributed by atoms with Crippen LogP contribution in [0.1, 0.15) is 51.9 Å². The van der Waals surface area contributed by atoms with Gasteiger partial charge in [-0.3, -0.25) is 0 Å². The van der Waals surface area contributed by atoms with Gasteiger partial charge in [-0.25, -0.2) is 0 Å². The molecule has 4 aliphatic rings. The Morgan fingerprint density at radius 2 is 0.513 bits per heavy atom. The van der Waals surface area contributed by atoms with Crippen molar-refractivity contribution in [1.29, 1.82) is 0 Å². The number of phenolic OH excluding ortho intramolecular Hbond substituents is 1. The van der Waals surface area contributed by atoms with Crippen molar-refractivity contribution in [3.8, 4) is 56.0 Å². The summed E-state index contributed by atoms with van der Waals surface area (Å²) in [5, 5.41) is 25.2. The highest BCUT2D eigenvalue weighted by atomic mass is 16.5. The van der Waals surface area contributed by atoms with E-state index in [4.69, 9.17) is 4.74 Å². The van der Waals surface area contributed by atoms with Crippen LogP contribution in [0, 0.1) is 0 Å². The Bertz CT molecular complexity index is 4850. The molecule has 0 amide bonds. The van der Waals surface area contributed by atoms with Crippen molar-refractivity contribution in [1.82, 2.24) is 0 Å². The van der Waals surface area contributed by atoms with E-state index in [1.807, 2.05) is 12.1 Å². The maximum atomic E-state index is 10.4. The molecule has 0 aromatic heterocycles. The number of benzene rings is 14. The van der Waals surface area contributed by atoms with Crippen LogP contribution in [-0.4, -0.2) is 12.2 Å². The third kappa shape index (κ3) is 5.51. The molecule has 0 saturated heterocycles. The second kappa shape index (κ2) is 16.1. The fourth-order valence-electron chi connectivity index (χ4n) is 15.2. The van der Waals surface area contributed by atoms with Crippen LogP contribution in [0.25, 0.3) is 109 Å². The Balaban J connectivity index is 0.000000129. The molecule has 0 saturated carbocycles. The molecule has 14 aromatic rings. The standard InChI is InChI=1S/C38H24O.C37H22O.CH4/c1-39-23-18-19-26-30(20-23)24-10-2-3-11-25(24)31-21-33-29-14-6-9-17-36(29)38(37(33)22-32(26)31)34-15-7-4-12-27(34)28-13-5-8-16-35(28)38;38-22-17-18-25-29(19-22)23-9-1-2-10-24(23)30-20-32-28-13-5-8-16-35(28)37(36(32)21-31(25)30)33-14-6-3-11-26(33)27-12-4-7-15-34(27)37;/h2-22H,1H3;1-21,38H;1H4. The summed E-state index contributed by atoms with van der Waals surface area (Å²) in [5.74, 6) is 1.18. The van der Waals surface area contributed by atoms with Crippen LogP contribution >= 0.6 is 0 Å². The van der Waals surface area contributed by atoms with Crippen LogP contribution in [0.5, 0.6) is 11.5 Å². The first-order valence-corrected chi connectivity index (χ1v) is 26.7. The predicted octanol–water partition coefficient (Wildman–Crippen LogP) is 19.3. The average molecular weight is 995 g/mol. The first-order valence-electron chi connectivity index (χ1n) is 26.7. The van der Waals surface area contributed by atoms with Gasteiger partial charge in [-0.1, -0.05) is 214 Å². The first kappa shape index (κ1) is 44.5. The zero-order valence-corrected chi connectivity index (χ0v) is 42.1. The molecule has 0 fully saturated rings. The number of fused-ring (bicyclic) bond motifs is 32. The predicted molar refractivity (Wildman–Crippen MR) is 325 cm³/mol. The fraction of sp³-hybridized carbons (Fsp3) is 0.0526. The molecule has 366 valence electrons. The Hall–Kier alpha value is -9.76. The van der Waals surface area contributed by atoms with Gasteiger partial charge >= 0.3 is 0 Å². The number of hydrogen-bond acceptors (Lipinski definition) is 2. The zero-order chi connectivity index (χ0) is 50.7. The summed E-state index contributed by atoms with van der Waals surface area (Å²) in [4.78, 5) is 0. The largest absolute Gasteiger partial charge is 0.508 e. The zero-order valence-electron chi connectivity index (χ0n) is 42.1. The summed E-state index contributed by atoms with van der Waals surface area (Å²) in [6.45, 7) is 0. The van der Waals surface area contributed by atoms with Crippen molar-refractivity contribution in [3.05, 3.63) is 299 Å². The van der Waals surface area contributed by atoms with Gasteiger partial charge in [-0.15, -0.1) is 0 Å². The van der Waals surface area contributed by atoms with E-state index in [0.29, 0.717) is 5.75 Å². The molecule has 1 N–H and O–H groups in total. The normalized spacial score (nSPS) is 13.9. The van der Waals surface area contributed by atoms with E-state index in [1.165, 1.54) is 148 Å². The molecule has 78 heavy (non-hydrogen) atoms. The SMILES string of the molecule is C.COc1ccc2c(c1)c1ccccc1c1cc3c(cc21)C1(c2ccccc2-c2ccccc21)c1ccccc1-3.Oc1ccc2c(c1)c1ccccc1c1cc3c(cc21)C1(c2ccccc2-c2ccccc21)c1ccccc1-3. The molecule has 2 heteroatoms. The highest BCUT2D eigenvalue weighted by Crippen LogP contribution is 2.65. The highest BCUT2D eigenvalue weighted by molar-refractivity contribution is 6.28. The van der Waals surface area contributed by atoms with Crippen LogP contribution in [0.15, 0.2) is 255 Å². The van der Waals surface area contributed by atoms with E-state index in [-0.39, 0.29) is 18.3 Å². The van der Waals surface area contributed by atoms with Gasteiger partial charge in [0.1, 0.15) is 11.5 Å². The average Bonchev–Trinajstić information content (AvgIpc) is 3.17. The number of hydrogen-bond donors (Lipinski definition) is 1. The van der Waals surface area contributed by atoms with Gasteiger partial charge in [-0.05, 0) is 202 Å². The molecule has 2 nitrogen and oxygen atoms in total. The summed E-state index contributed by atoms with van der Waals surface area (Å²) in [7, 11) is 1.74. The van der Waals surface area contributed by atoms with E-state index in [2.05, 4.69) is 243 Å². The molecule has 0 atom stereocenters. The van der Waals surface area contributed by atoms with Crippen LogP contribution in [0.3, 0.4) is 0 Å². The lowest BCUT2D eigenvalue weighted by Crippen LogP contribution is -2.25. The Morgan fingerprint density at radius 1 is 0.244 bits per heavy atom. The van der Waals surface area contributed by atoms with E-state index in [9.17, 15) is 5.11 Å².